The highest BCUT2D eigenvalue weighted by atomic mass is 16.2. The first-order valence-corrected chi connectivity index (χ1v) is 16.4. The molecule has 2 saturated heterocycles. The molecule has 46 heavy (non-hydrogen) atoms. The zero-order valence-electron chi connectivity index (χ0n) is 25.9. The van der Waals surface area contributed by atoms with Crippen LogP contribution in [0.1, 0.15) is 76.9 Å². The van der Waals surface area contributed by atoms with Gasteiger partial charge in [-0.1, -0.05) is 0 Å². The third-order valence-corrected chi connectivity index (χ3v) is 10.2. The van der Waals surface area contributed by atoms with Crippen LogP contribution in [0.5, 0.6) is 0 Å². The lowest BCUT2D eigenvalue weighted by molar-refractivity contribution is -0.136. The number of carbonyl (C=O) groups excluding carboxylic acids is 4. The number of piperazine rings is 1. The Hall–Kier alpha value is -4.58. The van der Waals surface area contributed by atoms with Crippen LogP contribution in [-0.4, -0.2) is 94.0 Å². The molecule has 2 aromatic heterocycles. The number of pyridine rings is 1. The van der Waals surface area contributed by atoms with Gasteiger partial charge in [0.25, 0.3) is 11.8 Å². The van der Waals surface area contributed by atoms with Gasteiger partial charge in [-0.05, 0) is 75.4 Å². The molecular formula is C34H38N8O4. The van der Waals surface area contributed by atoms with Gasteiger partial charge in [-0.25, -0.2) is 0 Å². The highest BCUT2D eigenvalue weighted by Gasteiger charge is 2.44. The summed E-state index contributed by atoms with van der Waals surface area (Å²) < 4.78 is 2.15. The Balaban J connectivity index is 0.890. The van der Waals surface area contributed by atoms with Crippen molar-refractivity contribution < 1.29 is 19.2 Å². The van der Waals surface area contributed by atoms with Crippen LogP contribution in [0, 0.1) is 5.92 Å². The fourth-order valence-electron chi connectivity index (χ4n) is 7.17. The molecule has 2 aliphatic carbocycles. The number of amides is 4. The zero-order chi connectivity index (χ0) is 31.5. The Bertz CT molecular complexity index is 1720. The van der Waals surface area contributed by atoms with E-state index in [1.165, 1.54) is 24.2 Å². The topological polar surface area (TPSA) is 133 Å². The minimum absolute atomic E-state index is 0.0991. The number of nitrogens with one attached hydrogen (secondary N) is 2. The van der Waals surface area contributed by atoms with Crippen LogP contribution in [0.3, 0.4) is 0 Å². The van der Waals surface area contributed by atoms with E-state index in [9.17, 15) is 19.2 Å². The number of anilines is 2. The number of hydrogen-bond donors (Lipinski definition) is 2. The van der Waals surface area contributed by atoms with Gasteiger partial charge in [-0.15, -0.1) is 0 Å². The van der Waals surface area contributed by atoms with Crippen molar-refractivity contribution in [3.05, 3.63) is 59.5 Å². The molecule has 5 heterocycles. The van der Waals surface area contributed by atoms with Crippen molar-refractivity contribution in [2.75, 3.05) is 50.0 Å². The Morgan fingerprint density at radius 1 is 0.913 bits per heavy atom. The van der Waals surface area contributed by atoms with Crippen molar-refractivity contribution in [3.63, 3.8) is 0 Å². The second-order valence-corrected chi connectivity index (χ2v) is 13.5. The maximum Gasteiger partial charge on any atom is 0.262 e. The lowest BCUT2D eigenvalue weighted by Gasteiger charge is -2.35. The van der Waals surface area contributed by atoms with Crippen molar-refractivity contribution >= 4 is 35.0 Å². The highest BCUT2D eigenvalue weighted by molar-refractivity contribution is 6.23. The van der Waals surface area contributed by atoms with E-state index in [1.54, 1.807) is 18.2 Å². The molecule has 4 fully saturated rings. The van der Waals surface area contributed by atoms with Crippen molar-refractivity contribution in [3.8, 4) is 11.3 Å². The van der Waals surface area contributed by atoms with Crippen molar-refractivity contribution in [2.24, 2.45) is 5.92 Å². The van der Waals surface area contributed by atoms with Gasteiger partial charge in [0, 0.05) is 62.5 Å². The van der Waals surface area contributed by atoms with Gasteiger partial charge >= 0.3 is 0 Å². The summed E-state index contributed by atoms with van der Waals surface area (Å²) in [6.45, 7) is 4.92. The van der Waals surface area contributed by atoms with Crippen LogP contribution in [0.4, 0.5) is 11.4 Å². The van der Waals surface area contributed by atoms with Gasteiger partial charge in [0.05, 0.1) is 40.4 Å². The van der Waals surface area contributed by atoms with E-state index in [0.29, 0.717) is 17.9 Å². The second kappa shape index (κ2) is 11.3. The average molecular weight is 623 g/mol. The fraction of sp³-hybridized carbons (Fsp3) is 0.471. The van der Waals surface area contributed by atoms with E-state index in [2.05, 4.69) is 50.5 Å². The lowest BCUT2D eigenvalue weighted by Crippen LogP contribution is -2.54. The number of imide groups is 2. The molecule has 1 atom stereocenters. The van der Waals surface area contributed by atoms with Crippen molar-refractivity contribution in [2.45, 2.75) is 56.5 Å². The standard InChI is InChI=1S/C34H38N8O4/c1-39-10-12-40(13-11-39)23-5-7-28(36-18-23)27-19-41(38-31(27)21-2-3-21)24-14-20(15-24)17-35-22-4-6-25-26(16-22)34(46)42(33(25)45)29-8-9-30(43)37-32(29)44/h4-7,16,18-21,24,29,35H,2-3,8-15,17H2,1H3,(H,37,43,44). The smallest absolute Gasteiger partial charge is 0.262 e. The summed E-state index contributed by atoms with van der Waals surface area (Å²) in [4.78, 5) is 60.7. The normalized spacial score (nSPS) is 25.0. The first kappa shape index (κ1) is 28.9. The summed E-state index contributed by atoms with van der Waals surface area (Å²) >= 11 is 0. The van der Waals surface area contributed by atoms with Crippen LogP contribution in [-0.2, 0) is 9.59 Å². The number of rotatable bonds is 8. The van der Waals surface area contributed by atoms with E-state index in [0.717, 1.165) is 67.4 Å². The maximum absolute atomic E-state index is 13.2. The van der Waals surface area contributed by atoms with Gasteiger partial charge < -0.3 is 15.1 Å². The van der Waals surface area contributed by atoms with E-state index in [1.807, 2.05) is 6.20 Å². The van der Waals surface area contributed by atoms with Crippen LogP contribution in [0.25, 0.3) is 11.3 Å². The molecule has 3 aromatic rings. The minimum atomic E-state index is -0.964. The molecule has 2 N–H and O–H groups in total. The number of piperidine rings is 1. The largest absolute Gasteiger partial charge is 0.385 e. The molecule has 0 radical (unpaired) electrons. The molecule has 12 nitrogen and oxygen atoms in total. The minimum Gasteiger partial charge on any atom is -0.385 e. The predicted molar refractivity (Wildman–Crippen MR) is 171 cm³/mol. The Kier molecular flexibility index (Phi) is 7.12. The maximum atomic E-state index is 13.2. The first-order valence-electron chi connectivity index (χ1n) is 16.4. The third kappa shape index (κ3) is 5.24. The van der Waals surface area contributed by atoms with Crippen molar-refractivity contribution in [1.29, 1.82) is 0 Å². The van der Waals surface area contributed by atoms with Gasteiger partial charge in [-0.3, -0.25) is 39.1 Å². The summed E-state index contributed by atoms with van der Waals surface area (Å²) in [6, 6.07) is 8.86. The Morgan fingerprint density at radius 3 is 2.41 bits per heavy atom. The molecule has 0 spiro atoms. The second-order valence-electron chi connectivity index (χ2n) is 13.5. The molecule has 2 saturated carbocycles. The van der Waals surface area contributed by atoms with Crippen LogP contribution in [0.2, 0.25) is 0 Å². The highest BCUT2D eigenvalue weighted by Crippen LogP contribution is 2.45. The Morgan fingerprint density at radius 2 is 1.70 bits per heavy atom. The van der Waals surface area contributed by atoms with E-state index >= 15 is 0 Å². The number of nitrogens with zero attached hydrogens (tertiary/aromatic N) is 6. The molecular weight excluding hydrogens is 584 g/mol. The lowest BCUT2D eigenvalue weighted by atomic mass is 9.80. The van der Waals surface area contributed by atoms with E-state index in [4.69, 9.17) is 10.1 Å². The van der Waals surface area contributed by atoms with Gasteiger partial charge in [0.15, 0.2) is 0 Å². The van der Waals surface area contributed by atoms with Gasteiger partial charge in [-0.2, -0.15) is 5.10 Å². The molecule has 3 aliphatic heterocycles. The summed E-state index contributed by atoms with van der Waals surface area (Å²) in [5.41, 5.74) is 5.82. The molecule has 0 bridgehead atoms. The molecule has 1 aromatic carbocycles. The quantitative estimate of drug-likeness (QED) is 0.364. The molecule has 4 amide bonds. The first-order chi connectivity index (χ1) is 22.3. The molecule has 8 rings (SSSR count). The van der Waals surface area contributed by atoms with Crippen LogP contribution >= 0.6 is 0 Å². The third-order valence-electron chi connectivity index (χ3n) is 10.2. The molecule has 238 valence electrons. The number of benzene rings is 1. The van der Waals surface area contributed by atoms with Crippen LogP contribution < -0.4 is 15.5 Å². The van der Waals surface area contributed by atoms with Crippen molar-refractivity contribution in [1.82, 2.24) is 29.9 Å². The average Bonchev–Trinajstić information content (AvgIpc) is 3.75. The van der Waals surface area contributed by atoms with Crippen LogP contribution in [0.15, 0.2) is 42.7 Å². The molecule has 5 aliphatic rings. The summed E-state index contributed by atoms with van der Waals surface area (Å²) in [6.07, 6.45) is 8.80. The SMILES string of the molecule is CN1CCN(c2ccc(-c3cn(C4CC(CNc5ccc6c(c5)C(=O)N(C5CCC(=O)NC5=O)C6=O)C4)nc3C3CC3)nc2)CC1. The Labute approximate surface area is 267 Å². The summed E-state index contributed by atoms with van der Waals surface area (Å²) in [5, 5.41) is 10.8. The number of carbonyl (C=O) groups is 4. The van der Waals surface area contributed by atoms with Gasteiger partial charge in [0.2, 0.25) is 11.8 Å². The zero-order valence-corrected chi connectivity index (χ0v) is 25.9. The van der Waals surface area contributed by atoms with E-state index < -0.39 is 23.8 Å². The number of likely N-dealkylation sites (N-methyl/N-ethyl adjacent to an activating group) is 1. The molecule has 12 heteroatoms. The van der Waals surface area contributed by atoms with E-state index in [-0.39, 0.29) is 29.9 Å². The predicted octanol–water partition coefficient (Wildman–Crippen LogP) is 3.04. The summed E-state index contributed by atoms with van der Waals surface area (Å²) in [5.74, 6) is -1.00. The molecule has 1 unspecified atom stereocenters. The number of aromatic nitrogens is 3. The fourth-order valence-corrected chi connectivity index (χ4v) is 7.17. The number of hydrogen-bond acceptors (Lipinski definition) is 9. The summed E-state index contributed by atoms with van der Waals surface area (Å²) in [7, 11) is 2.17. The monoisotopic (exact) mass is 622 g/mol. The number of fused-ring (bicyclic) bond motifs is 1. The van der Waals surface area contributed by atoms with Gasteiger partial charge in [0.1, 0.15) is 6.04 Å².